The van der Waals surface area contributed by atoms with Crippen LogP contribution < -0.4 is 16.3 Å². The van der Waals surface area contributed by atoms with Crippen LogP contribution in [0.3, 0.4) is 0 Å². The Bertz CT molecular complexity index is 965. The minimum atomic E-state index is -0.642. The SMILES string of the molecule is CC(O)CCOC(C)(C)C1CCCC(c2cc3ccc(N(CF)CCN)cc3oc2=O)CCC1. The summed E-state index contributed by atoms with van der Waals surface area (Å²) in [5.74, 6) is 0.640. The summed E-state index contributed by atoms with van der Waals surface area (Å²) < 4.78 is 25.2. The predicted octanol–water partition coefficient (Wildman–Crippen LogP) is 5.11. The zero-order chi connectivity index (χ0) is 24.7. The van der Waals surface area contributed by atoms with E-state index in [-0.39, 0.29) is 23.2 Å². The van der Waals surface area contributed by atoms with Crippen molar-refractivity contribution in [3.05, 3.63) is 40.2 Å². The molecule has 2 aromatic rings. The van der Waals surface area contributed by atoms with E-state index in [1.165, 1.54) is 4.90 Å². The molecule has 1 aliphatic carbocycles. The van der Waals surface area contributed by atoms with Crippen molar-refractivity contribution in [2.24, 2.45) is 11.7 Å². The number of ether oxygens (including phenoxy) is 1. The maximum absolute atomic E-state index is 13.3. The van der Waals surface area contributed by atoms with E-state index in [1.54, 1.807) is 13.0 Å². The smallest absolute Gasteiger partial charge is 0.339 e. The summed E-state index contributed by atoms with van der Waals surface area (Å²) in [5, 5.41) is 10.4. The van der Waals surface area contributed by atoms with Gasteiger partial charge in [-0.3, -0.25) is 0 Å². The van der Waals surface area contributed by atoms with Crippen LogP contribution in [-0.2, 0) is 4.74 Å². The first kappa shape index (κ1) is 26.6. The van der Waals surface area contributed by atoms with Gasteiger partial charge in [0, 0.05) is 42.4 Å². The number of anilines is 1. The lowest BCUT2D eigenvalue weighted by atomic mass is 9.77. The molecule has 0 spiro atoms. The van der Waals surface area contributed by atoms with Gasteiger partial charge in [-0.25, -0.2) is 9.18 Å². The average molecular weight is 477 g/mol. The Balaban J connectivity index is 1.68. The molecule has 1 aromatic heterocycles. The van der Waals surface area contributed by atoms with E-state index in [0.717, 1.165) is 49.5 Å². The second-order valence-corrected chi connectivity index (χ2v) is 10.2. The maximum atomic E-state index is 13.3. The van der Waals surface area contributed by atoms with Gasteiger partial charge < -0.3 is 24.9 Å². The first-order valence-electron chi connectivity index (χ1n) is 12.7. The number of rotatable bonds is 10. The molecule has 1 aliphatic rings. The van der Waals surface area contributed by atoms with Gasteiger partial charge in [-0.15, -0.1) is 0 Å². The number of halogens is 1. The molecule has 7 heteroatoms. The number of fused-ring (bicyclic) bond motifs is 1. The molecule has 1 unspecified atom stereocenters. The van der Waals surface area contributed by atoms with Gasteiger partial charge in [0.05, 0.1) is 11.7 Å². The zero-order valence-electron chi connectivity index (χ0n) is 20.9. The van der Waals surface area contributed by atoms with E-state index < -0.39 is 6.80 Å². The van der Waals surface area contributed by atoms with Crippen molar-refractivity contribution in [2.45, 2.75) is 83.3 Å². The van der Waals surface area contributed by atoms with E-state index in [4.69, 9.17) is 14.9 Å². The number of aliphatic hydroxyl groups excluding tert-OH is 1. The minimum Gasteiger partial charge on any atom is -0.422 e. The van der Waals surface area contributed by atoms with Gasteiger partial charge in [-0.2, -0.15) is 0 Å². The minimum absolute atomic E-state index is 0.181. The summed E-state index contributed by atoms with van der Waals surface area (Å²) >= 11 is 0. The number of aliphatic hydroxyl groups is 1. The molecular weight excluding hydrogens is 435 g/mol. The van der Waals surface area contributed by atoms with Gasteiger partial charge in [0.1, 0.15) is 5.58 Å². The molecule has 1 aromatic carbocycles. The molecule has 1 heterocycles. The first-order chi connectivity index (χ1) is 16.2. The number of benzene rings is 1. The van der Waals surface area contributed by atoms with Crippen molar-refractivity contribution in [3.63, 3.8) is 0 Å². The molecule has 6 nitrogen and oxygen atoms in total. The van der Waals surface area contributed by atoms with Gasteiger partial charge in [-0.1, -0.05) is 12.8 Å². The molecule has 3 N–H and O–H groups in total. The van der Waals surface area contributed by atoms with E-state index in [1.807, 2.05) is 18.2 Å². The van der Waals surface area contributed by atoms with Crippen molar-refractivity contribution in [2.75, 3.05) is 31.4 Å². The number of alkyl halides is 1. The fourth-order valence-electron chi connectivity index (χ4n) is 5.14. The Hall–Kier alpha value is -1.96. The van der Waals surface area contributed by atoms with Crippen LogP contribution in [0.1, 0.15) is 77.2 Å². The Morgan fingerprint density at radius 1 is 1.24 bits per heavy atom. The molecule has 1 atom stereocenters. The molecule has 0 saturated heterocycles. The van der Waals surface area contributed by atoms with E-state index in [2.05, 4.69) is 13.8 Å². The second-order valence-electron chi connectivity index (χ2n) is 10.2. The van der Waals surface area contributed by atoms with Crippen LogP contribution in [0.5, 0.6) is 0 Å². The van der Waals surface area contributed by atoms with Crippen molar-refractivity contribution >= 4 is 16.7 Å². The molecule has 0 amide bonds. The topological polar surface area (TPSA) is 88.9 Å². The fourth-order valence-corrected chi connectivity index (χ4v) is 5.14. The molecule has 0 aliphatic heterocycles. The Morgan fingerprint density at radius 3 is 2.56 bits per heavy atom. The van der Waals surface area contributed by atoms with Crippen molar-refractivity contribution in [3.8, 4) is 0 Å². The molecule has 190 valence electrons. The third-order valence-electron chi connectivity index (χ3n) is 7.30. The largest absolute Gasteiger partial charge is 0.422 e. The highest BCUT2D eigenvalue weighted by molar-refractivity contribution is 5.81. The Kier molecular flexibility index (Phi) is 9.51. The molecule has 0 bridgehead atoms. The molecular formula is C27H41FN2O4. The van der Waals surface area contributed by atoms with Gasteiger partial charge in [0.15, 0.2) is 6.80 Å². The van der Waals surface area contributed by atoms with Crippen LogP contribution in [0, 0.1) is 5.92 Å². The van der Waals surface area contributed by atoms with Crippen LogP contribution in [0.15, 0.2) is 33.5 Å². The highest BCUT2D eigenvalue weighted by atomic mass is 19.1. The van der Waals surface area contributed by atoms with Crippen LogP contribution in [0.25, 0.3) is 11.0 Å². The fraction of sp³-hybridized carbons (Fsp3) is 0.667. The normalized spacial score (nSPS) is 20.6. The van der Waals surface area contributed by atoms with E-state index in [0.29, 0.717) is 43.3 Å². The molecule has 0 radical (unpaired) electrons. The first-order valence-corrected chi connectivity index (χ1v) is 12.7. The van der Waals surface area contributed by atoms with Crippen LogP contribution in [0.2, 0.25) is 0 Å². The van der Waals surface area contributed by atoms with Crippen molar-refractivity contribution in [1.82, 2.24) is 0 Å². The molecule has 1 fully saturated rings. The molecule has 1 saturated carbocycles. The highest BCUT2D eigenvalue weighted by Crippen LogP contribution is 2.38. The summed E-state index contributed by atoms with van der Waals surface area (Å²) in [6.07, 6.45) is 6.36. The lowest BCUT2D eigenvalue weighted by molar-refractivity contribution is -0.0747. The van der Waals surface area contributed by atoms with E-state index in [9.17, 15) is 14.3 Å². The number of hydrogen-bond acceptors (Lipinski definition) is 6. The van der Waals surface area contributed by atoms with Gasteiger partial charge in [0.2, 0.25) is 0 Å². The average Bonchev–Trinajstić information content (AvgIpc) is 2.76. The maximum Gasteiger partial charge on any atom is 0.339 e. The zero-order valence-corrected chi connectivity index (χ0v) is 20.9. The van der Waals surface area contributed by atoms with E-state index >= 15 is 0 Å². The van der Waals surface area contributed by atoms with Gasteiger partial charge >= 0.3 is 5.63 Å². The summed E-state index contributed by atoms with van der Waals surface area (Å²) in [5.41, 5.74) is 6.94. The monoisotopic (exact) mass is 476 g/mol. The number of nitrogens with two attached hydrogens (primary N) is 1. The molecule has 34 heavy (non-hydrogen) atoms. The van der Waals surface area contributed by atoms with Gasteiger partial charge in [0.25, 0.3) is 0 Å². The number of nitrogens with zero attached hydrogens (tertiary/aromatic N) is 1. The van der Waals surface area contributed by atoms with Crippen LogP contribution in [-0.4, -0.2) is 43.3 Å². The lowest BCUT2D eigenvalue weighted by Gasteiger charge is -2.37. The summed E-state index contributed by atoms with van der Waals surface area (Å²) in [6.45, 7) is 6.77. The standard InChI is InChI=1S/C27H41FN2O4/c1-19(31)12-15-33-27(2,3)22-8-4-6-20(7-5-9-22)24-16-21-10-11-23(30(18-28)14-13-29)17-25(21)34-26(24)32/h10-11,16-17,19-20,22,31H,4-9,12-15,18,29H2,1-3H3. The quantitative estimate of drug-likeness (QED) is 0.366. The second kappa shape index (κ2) is 12.1. The van der Waals surface area contributed by atoms with Crippen molar-refractivity contribution in [1.29, 1.82) is 0 Å². The third-order valence-corrected chi connectivity index (χ3v) is 7.30. The summed E-state index contributed by atoms with van der Waals surface area (Å²) in [7, 11) is 0. The predicted molar refractivity (Wildman–Crippen MR) is 135 cm³/mol. The highest BCUT2D eigenvalue weighted by Gasteiger charge is 2.32. The Labute approximate surface area is 202 Å². The lowest BCUT2D eigenvalue weighted by Crippen LogP contribution is -2.36. The number of hydrogen-bond donors (Lipinski definition) is 2. The summed E-state index contributed by atoms with van der Waals surface area (Å²) in [4.78, 5) is 14.4. The molecule has 3 rings (SSSR count). The summed E-state index contributed by atoms with van der Waals surface area (Å²) in [6, 6.07) is 7.42. The van der Waals surface area contributed by atoms with Gasteiger partial charge in [-0.05, 0) is 82.9 Å². The van der Waals surface area contributed by atoms with Crippen molar-refractivity contribution < 1.29 is 18.7 Å². The van der Waals surface area contributed by atoms with Crippen LogP contribution in [0.4, 0.5) is 10.1 Å². The van der Waals surface area contributed by atoms with Crippen LogP contribution >= 0.6 is 0 Å². The Morgan fingerprint density at radius 2 is 1.94 bits per heavy atom. The third kappa shape index (κ3) is 6.80.